The van der Waals surface area contributed by atoms with Crippen molar-refractivity contribution in [2.45, 2.75) is 26.7 Å². The van der Waals surface area contributed by atoms with Crippen LogP contribution in [0.1, 0.15) is 36.3 Å². The van der Waals surface area contributed by atoms with Crippen molar-refractivity contribution >= 4 is 17.4 Å². The maximum Gasteiger partial charge on any atom is 0.276 e. The highest BCUT2D eigenvalue weighted by Gasteiger charge is 2.10. The maximum atomic E-state index is 12.2. The molecule has 0 radical (unpaired) electrons. The van der Waals surface area contributed by atoms with Crippen molar-refractivity contribution in [3.8, 4) is 0 Å². The van der Waals surface area contributed by atoms with Crippen LogP contribution < -0.4 is 10.6 Å². The molecule has 0 aliphatic rings. The van der Waals surface area contributed by atoms with E-state index in [1.165, 1.54) is 0 Å². The number of aryl methyl sites for hydroxylation is 1. The third-order valence-electron chi connectivity index (χ3n) is 3.10. The molecule has 1 aromatic carbocycles. The zero-order chi connectivity index (χ0) is 15.1. The number of hydrogen-bond donors (Lipinski definition) is 2. The molecular formula is C16H20N4O. The van der Waals surface area contributed by atoms with Gasteiger partial charge in [-0.1, -0.05) is 32.0 Å². The third-order valence-corrected chi connectivity index (χ3v) is 3.10. The molecule has 0 spiro atoms. The van der Waals surface area contributed by atoms with Gasteiger partial charge in [-0.3, -0.25) is 4.79 Å². The number of para-hydroxylation sites is 1. The van der Waals surface area contributed by atoms with Crippen molar-refractivity contribution in [3.05, 3.63) is 47.7 Å². The standard InChI is InChI=1S/C16H20N4O/c1-3-11-17-15-10-9-14(19-20-15)16(21)18-13-8-6-5-7-12(13)4-2/h5-10H,3-4,11H2,1-2H3,(H,17,20)(H,18,21). The summed E-state index contributed by atoms with van der Waals surface area (Å²) in [6.45, 7) is 4.97. The topological polar surface area (TPSA) is 66.9 Å². The molecule has 110 valence electrons. The molecule has 0 unspecified atom stereocenters. The Bertz CT molecular complexity index is 595. The second-order valence-electron chi connectivity index (χ2n) is 4.70. The minimum atomic E-state index is -0.245. The zero-order valence-electron chi connectivity index (χ0n) is 12.4. The fourth-order valence-corrected chi connectivity index (χ4v) is 1.94. The average Bonchev–Trinajstić information content (AvgIpc) is 2.54. The highest BCUT2D eigenvalue weighted by atomic mass is 16.1. The molecule has 0 fully saturated rings. The molecule has 0 atom stereocenters. The van der Waals surface area contributed by atoms with Gasteiger partial charge in [0.25, 0.3) is 5.91 Å². The van der Waals surface area contributed by atoms with E-state index in [4.69, 9.17) is 0 Å². The number of nitrogens with one attached hydrogen (secondary N) is 2. The fraction of sp³-hybridized carbons (Fsp3) is 0.312. The molecule has 5 heteroatoms. The van der Waals surface area contributed by atoms with Crippen LogP contribution in [0.3, 0.4) is 0 Å². The second kappa shape index (κ2) is 7.38. The molecule has 2 aromatic rings. The Hall–Kier alpha value is -2.43. The highest BCUT2D eigenvalue weighted by Crippen LogP contribution is 2.16. The number of nitrogens with zero attached hydrogens (tertiary/aromatic N) is 2. The van der Waals surface area contributed by atoms with E-state index in [0.717, 1.165) is 30.6 Å². The van der Waals surface area contributed by atoms with E-state index in [0.29, 0.717) is 11.5 Å². The van der Waals surface area contributed by atoms with Crippen molar-refractivity contribution in [2.75, 3.05) is 17.2 Å². The van der Waals surface area contributed by atoms with Crippen molar-refractivity contribution in [1.29, 1.82) is 0 Å². The summed E-state index contributed by atoms with van der Waals surface area (Å²) < 4.78 is 0. The van der Waals surface area contributed by atoms with Crippen LogP contribution in [0.5, 0.6) is 0 Å². The second-order valence-corrected chi connectivity index (χ2v) is 4.70. The Morgan fingerprint density at radius 3 is 2.57 bits per heavy atom. The lowest BCUT2D eigenvalue weighted by Gasteiger charge is -2.09. The van der Waals surface area contributed by atoms with E-state index in [9.17, 15) is 4.79 Å². The number of hydrogen-bond acceptors (Lipinski definition) is 4. The Balaban J connectivity index is 2.06. The van der Waals surface area contributed by atoms with E-state index in [-0.39, 0.29) is 5.91 Å². The first kappa shape index (κ1) is 15.0. The predicted molar refractivity (Wildman–Crippen MR) is 84.6 cm³/mol. The van der Waals surface area contributed by atoms with E-state index in [1.54, 1.807) is 12.1 Å². The number of carbonyl (C=O) groups excluding carboxylic acids is 1. The molecule has 1 heterocycles. The van der Waals surface area contributed by atoms with Crippen LogP contribution in [-0.2, 0) is 6.42 Å². The fourth-order valence-electron chi connectivity index (χ4n) is 1.94. The Morgan fingerprint density at radius 1 is 1.10 bits per heavy atom. The number of rotatable bonds is 6. The molecule has 2 rings (SSSR count). The minimum Gasteiger partial charge on any atom is -0.369 e. The summed E-state index contributed by atoms with van der Waals surface area (Å²) in [6.07, 6.45) is 1.87. The number of benzene rings is 1. The minimum absolute atomic E-state index is 0.245. The number of anilines is 2. The molecule has 0 saturated carbocycles. The molecule has 1 aromatic heterocycles. The van der Waals surface area contributed by atoms with Gasteiger partial charge < -0.3 is 10.6 Å². The molecule has 0 saturated heterocycles. The first-order chi connectivity index (χ1) is 10.2. The molecule has 0 bridgehead atoms. The lowest BCUT2D eigenvalue weighted by Crippen LogP contribution is -2.16. The van der Waals surface area contributed by atoms with Gasteiger partial charge >= 0.3 is 0 Å². The summed E-state index contributed by atoms with van der Waals surface area (Å²) in [5.74, 6) is 0.438. The molecule has 0 aliphatic carbocycles. The van der Waals surface area contributed by atoms with Gasteiger partial charge in [0.2, 0.25) is 0 Å². The van der Waals surface area contributed by atoms with Crippen LogP contribution in [-0.4, -0.2) is 22.6 Å². The van der Waals surface area contributed by atoms with Gasteiger partial charge in [-0.15, -0.1) is 10.2 Å². The first-order valence-corrected chi connectivity index (χ1v) is 7.21. The molecular weight excluding hydrogens is 264 g/mol. The number of carbonyl (C=O) groups is 1. The van der Waals surface area contributed by atoms with Crippen LogP contribution in [0.15, 0.2) is 36.4 Å². The van der Waals surface area contributed by atoms with Gasteiger partial charge in [0.1, 0.15) is 5.82 Å². The molecule has 21 heavy (non-hydrogen) atoms. The van der Waals surface area contributed by atoms with Crippen LogP contribution in [0, 0.1) is 0 Å². The van der Waals surface area contributed by atoms with Crippen molar-refractivity contribution < 1.29 is 4.79 Å². The van der Waals surface area contributed by atoms with Crippen LogP contribution >= 0.6 is 0 Å². The first-order valence-electron chi connectivity index (χ1n) is 7.21. The highest BCUT2D eigenvalue weighted by molar-refractivity contribution is 6.03. The largest absolute Gasteiger partial charge is 0.369 e. The van der Waals surface area contributed by atoms with E-state index >= 15 is 0 Å². The summed E-state index contributed by atoms with van der Waals surface area (Å²) >= 11 is 0. The Morgan fingerprint density at radius 2 is 1.90 bits per heavy atom. The SMILES string of the molecule is CCCNc1ccc(C(=O)Nc2ccccc2CC)nn1. The maximum absolute atomic E-state index is 12.2. The average molecular weight is 284 g/mol. The summed E-state index contributed by atoms with van der Waals surface area (Å²) in [4.78, 5) is 12.2. The molecule has 0 aliphatic heterocycles. The number of amides is 1. The predicted octanol–water partition coefficient (Wildman–Crippen LogP) is 3.11. The quantitative estimate of drug-likeness (QED) is 0.855. The Labute approximate surface area is 124 Å². The van der Waals surface area contributed by atoms with Gasteiger partial charge in [-0.2, -0.15) is 0 Å². The van der Waals surface area contributed by atoms with Gasteiger partial charge in [-0.25, -0.2) is 0 Å². The van der Waals surface area contributed by atoms with Crippen molar-refractivity contribution in [1.82, 2.24) is 10.2 Å². The van der Waals surface area contributed by atoms with Crippen LogP contribution in [0.25, 0.3) is 0 Å². The van der Waals surface area contributed by atoms with Crippen LogP contribution in [0.2, 0.25) is 0 Å². The summed E-state index contributed by atoms with van der Waals surface area (Å²) in [6, 6.07) is 11.2. The third kappa shape index (κ3) is 4.02. The molecule has 5 nitrogen and oxygen atoms in total. The van der Waals surface area contributed by atoms with Gasteiger partial charge in [0, 0.05) is 12.2 Å². The summed E-state index contributed by atoms with van der Waals surface area (Å²) in [7, 11) is 0. The lowest BCUT2D eigenvalue weighted by atomic mass is 10.1. The Kier molecular flexibility index (Phi) is 5.26. The van der Waals surface area contributed by atoms with E-state index in [1.807, 2.05) is 24.3 Å². The van der Waals surface area contributed by atoms with Crippen molar-refractivity contribution in [2.24, 2.45) is 0 Å². The van der Waals surface area contributed by atoms with Crippen LogP contribution in [0.4, 0.5) is 11.5 Å². The summed E-state index contributed by atoms with van der Waals surface area (Å²) in [5, 5.41) is 14.0. The normalized spacial score (nSPS) is 10.2. The number of aromatic nitrogens is 2. The lowest BCUT2D eigenvalue weighted by molar-refractivity contribution is 0.102. The smallest absolute Gasteiger partial charge is 0.276 e. The van der Waals surface area contributed by atoms with Gasteiger partial charge in [0.05, 0.1) is 0 Å². The van der Waals surface area contributed by atoms with Gasteiger partial charge in [0.15, 0.2) is 5.69 Å². The summed E-state index contributed by atoms with van der Waals surface area (Å²) in [5.41, 5.74) is 2.22. The zero-order valence-corrected chi connectivity index (χ0v) is 12.4. The van der Waals surface area contributed by atoms with E-state index in [2.05, 4.69) is 34.7 Å². The van der Waals surface area contributed by atoms with Crippen molar-refractivity contribution in [3.63, 3.8) is 0 Å². The molecule has 1 amide bonds. The van der Waals surface area contributed by atoms with E-state index < -0.39 is 0 Å². The monoisotopic (exact) mass is 284 g/mol. The molecule has 2 N–H and O–H groups in total. The van der Waals surface area contributed by atoms with Gasteiger partial charge in [-0.05, 0) is 36.6 Å².